The fraction of sp³-hybridized carbons (Fsp3) is 0.100. The molecular weight excluding hydrogens is 277 g/mol. The van der Waals surface area contributed by atoms with Gasteiger partial charge >= 0.3 is 0 Å². The van der Waals surface area contributed by atoms with Gasteiger partial charge in [-0.2, -0.15) is 4.99 Å². The summed E-state index contributed by atoms with van der Waals surface area (Å²) in [7, 11) is 0. The molecule has 2 rings (SSSR count). The van der Waals surface area contributed by atoms with E-state index in [1.165, 1.54) is 12.1 Å². The molecule has 16 heavy (non-hydrogen) atoms. The Morgan fingerprint density at radius 3 is 2.69 bits per heavy atom. The molecule has 0 aromatic heterocycles. The van der Waals surface area contributed by atoms with Gasteiger partial charge in [0.25, 0.3) is 5.91 Å². The highest BCUT2D eigenvalue weighted by Crippen LogP contribution is 2.18. The zero-order valence-corrected chi connectivity index (χ0v) is 9.61. The number of carbonyl (C=O) groups excluding carboxylic acids is 1. The van der Waals surface area contributed by atoms with E-state index in [2.05, 4.69) is 25.9 Å². The Kier molecular flexibility index (Phi) is 2.82. The number of hydrogen-bond donors (Lipinski definition) is 1. The number of halogens is 2. The highest BCUT2D eigenvalue weighted by Gasteiger charge is 2.28. The Morgan fingerprint density at radius 1 is 1.31 bits per heavy atom. The van der Waals surface area contributed by atoms with Gasteiger partial charge in [0.05, 0.1) is 5.71 Å². The van der Waals surface area contributed by atoms with Crippen LogP contribution < -0.4 is 5.73 Å². The van der Waals surface area contributed by atoms with Crippen molar-refractivity contribution in [1.29, 1.82) is 0 Å². The molecule has 1 aliphatic heterocycles. The number of rotatable bonds is 1. The monoisotopic (exact) mass is 283 g/mol. The Labute approximate surface area is 99.2 Å². The molecule has 1 aromatic carbocycles. The summed E-state index contributed by atoms with van der Waals surface area (Å²) in [6.45, 7) is 0. The van der Waals surface area contributed by atoms with Gasteiger partial charge in [-0.1, -0.05) is 34.1 Å². The third kappa shape index (κ3) is 1.88. The normalized spacial score (nSPS) is 20.4. The first kappa shape index (κ1) is 10.9. The van der Waals surface area contributed by atoms with Crippen LogP contribution in [0.5, 0.6) is 0 Å². The molecule has 6 heteroatoms. The molecule has 0 radical (unpaired) electrons. The van der Waals surface area contributed by atoms with Gasteiger partial charge < -0.3 is 5.73 Å². The molecule has 0 aliphatic carbocycles. The first-order valence-electron chi connectivity index (χ1n) is 4.45. The molecule has 1 heterocycles. The van der Waals surface area contributed by atoms with E-state index in [9.17, 15) is 9.18 Å². The standard InChI is InChI=1S/C10H7BrFN3O/c11-7-8(14-10(13)15-9(7)16)5-3-1-2-4-6(5)12/h1-4,7H,(H2,13,15,16). The van der Waals surface area contributed by atoms with E-state index in [4.69, 9.17) is 5.73 Å². The molecule has 2 N–H and O–H groups in total. The maximum atomic E-state index is 13.5. The minimum atomic E-state index is -0.753. The summed E-state index contributed by atoms with van der Waals surface area (Å²) in [5.41, 5.74) is 5.86. The summed E-state index contributed by atoms with van der Waals surface area (Å²) < 4.78 is 13.5. The van der Waals surface area contributed by atoms with Crippen LogP contribution in [0.4, 0.5) is 4.39 Å². The van der Waals surface area contributed by atoms with Gasteiger partial charge in [0.2, 0.25) is 5.96 Å². The number of aliphatic imine (C=N–C) groups is 2. The third-order valence-electron chi connectivity index (χ3n) is 2.07. The van der Waals surface area contributed by atoms with Crippen LogP contribution in [0.3, 0.4) is 0 Å². The van der Waals surface area contributed by atoms with Crippen LogP contribution in [-0.4, -0.2) is 22.4 Å². The predicted octanol–water partition coefficient (Wildman–Crippen LogP) is 1.23. The van der Waals surface area contributed by atoms with Crippen molar-refractivity contribution in [1.82, 2.24) is 0 Å². The van der Waals surface area contributed by atoms with Crippen molar-refractivity contribution in [3.05, 3.63) is 35.6 Å². The number of alkyl halides is 1. The molecule has 0 saturated heterocycles. The number of hydrogen-bond acceptors (Lipinski definition) is 3. The van der Waals surface area contributed by atoms with E-state index < -0.39 is 16.6 Å². The van der Waals surface area contributed by atoms with Gasteiger partial charge in [-0.25, -0.2) is 9.38 Å². The van der Waals surface area contributed by atoms with Gasteiger partial charge in [-0.15, -0.1) is 0 Å². The Balaban J connectivity index is 2.52. The van der Waals surface area contributed by atoms with Gasteiger partial charge in [0.15, 0.2) is 0 Å². The quantitative estimate of drug-likeness (QED) is 0.788. The first-order valence-corrected chi connectivity index (χ1v) is 5.36. The maximum Gasteiger partial charge on any atom is 0.268 e. The van der Waals surface area contributed by atoms with Crippen molar-refractivity contribution in [3.8, 4) is 0 Å². The molecule has 1 aromatic rings. The summed E-state index contributed by atoms with van der Waals surface area (Å²) in [5.74, 6) is -1.09. The van der Waals surface area contributed by atoms with Gasteiger partial charge in [0.1, 0.15) is 10.6 Å². The smallest absolute Gasteiger partial charge is 0.268 e. The Morgan fingerprint density at radius 2 is 2.00 bits per heavy atom. The SMILES string of the molecule is NC1=NC(=O)C(Br)C(c2ccccc2F)=N1. The van der Waals surface area contributed by atoms with Crippen molar-refractivity contribution >= 4 is 33.5 Å². The molecule has 1 atom stereocenters. The van der Waals surface area contributed by atoms with Gasteiger partial charge in [-0.3, -0.25) is 4.79 Å². The van der Waals surface area contributed by atoms with Gasteiger partial charge in [0, 0.05) is 5.56 Å². The van der Waals surface area contributed by atoms with E-state index in [1.807, 2.05) is 0 Å². The summed E-state index contributed by atoms with van der Waals surface area (Å²) >= 11 is 3.11. The number of amides is 1. The number of guanidine groups is 1. The molecular formula is C10H7BrFN3O. The van der Waals surface area contributed by atoms with Crippen molar-refractivity contribution < 1.29 is 9.18 Å². The molecule has 82 valence electrons. The van der Waals surface area contributed by atoms with Crippen molar-refractivity contribution in [3.63, 3.8) is 0 Å². The Hall–Kier alpha value is -1.56. The molecule has 0 spiro atoms. The van der Waals surface area contributed by atoms with Crippen molar-refractivity contribution in [2.24, 2.45) is 15.7 Å². The van der Waals surface area contributed by atoms with Crippen LogP contribution in [-0.2, 0) is 4.79 Å². The lowest BCUT2D eigenvalue weighted by atomic mass is 10.1. The number of nitrogens with two attached hydrogens (primary N) is 1. The van der Waals surface area contributed by atoms with Crippen molar-refractivity contribution in [2.75, 3.05) is 0 Å². The van der Waals surface area contributed by atoms with Crippen molar-refractivity contribution in [2.45, 2.75) is 4.83 Å². The first-order chi connectivity index (χ1) is 7.59. The average molecular weight is 284 g/mol. The maximum absolute atomic E-state index is 13.5. The second-order valence-corrected chi connectivity index (χ2v) is 4.06. The molecule has 1 unspecified atom stereocenters. The third-order valence-corrected chi connectivity index (χ3v) is 2.89. The fourth-order valence-electron chi connectivity index (χ4n) is 1.36. The lowest BCUT2D eigenvalue weighted by molar-refractivity contribution is -0.116. The van der Waals surface area contributed by atoms with Crippen LogP contribution in [0.2, 0.25) is 0 Å². The minimum Gasteiger partial charge on any atom is -0.368 e. The predicted molar refractivity (Wildman–Crippen MR) is 62.3 cm³/mol. The van der Waals surface area contributed by atoms with Crippen LogP contribution >= 0.6 is 15.9 Å². The Bertz CT molecular complexity index is 513. The molecule has 0 saturated carbocycles. The second kappa shape index (κ2) is 4.13. The second-order valence-electron chi connectivity index (χ2n) is 3.15. The lowest BCUT2D eigenvalue weighted by Gasteiger charge is -2.14. The van der Waals surface area contributed by atoms with Gasteiger partial charge in [-0.05, 0) is 6.07 Å². The van der Waals surface area contributed by atoms with Crippen LogP contribution in [0.25, 0.3) is 0 Å². The highest BCUT2D eigenvalue weighted by molar-refractivity contribution is 9.10. The lowest BCUT2D eigenvalue weighted by Crippen LogP contribution is -2.32. The zero-order valence-electron chi connectivity index (χ0n) is 8.02. The summed E-state index contributed by atoms with van der Waals surface area (Å²) in [4.78, 5) is 18.0. The van der Waals surface area contributed by atoms with Crippen LogP contribution in [0.15, 0.2) is 34.3 Å². The molecule has 1 amide bonds. The van der Waals surface area contributed by atoms with E-state index in [1.54, 1.807) is 12.1 Å². The number of benzene rings is 1. The topological polar surface area (TPSA) is 67.8 Å². The van der Waals surface area contributed by atoms with E-state index in [0.717, 1.165) is 0 Å². The summed E-state index contributed by atoms with van der Waals surface area (Å²) in [6, 6.07) is 6.05. The fourth-order valence-corrected chi connectivity index (χ4v) is 1.81. The average Bonchev–Trinajstić information content (AvgIpc) is 2.24. The molecule has 0 bridgehead atoms. The molecule has 1 aliphatic rings. The zero-order chi connectivity index (χ0) is 11.7. The van der Waals surface area contributed by atoms with E-state index in [-0.39, 0.29) is 17.2 Å². The van der Waals surface area contributed by atoms with Crippen LogP contribution in [0.1, 0.15) is 5.56 Å². The molecule has 0 fully saturated rings. The number of carbonyl (C=O) groups is 1. The summed E-state index contributed by atoms with van der Waals surface area (Å²) in [5, 5.41) is 0. The van der Waals surface area contributed by atoms with E-state index in [0.29, 0.717) is 0 Å². The summed E-state index contributed by atoms with van der Waals surface area (Å²) in [6.07, 6.45) is 0. The highest BCUT2D eigenvalue weighted by atomic mass is 79.9. The largest absolute Gasteiger partial charge is 0.368 e. The van der Waals surface area contributed by atoms with Crippen LogP contribution in [0, 0.1) is 5.82 Å². The molecule has 4 nitrogen and oxygen atoms in total. The minimum absolute atomic E-state index is 0.154. The van der Waals surface area contributed by atoms with E-state index >= 15 is 0 Å². The number of nitrogens with zero attached hydrogens (tertiary/aromatic N) is 2.